The molecule has 2 aromatic carbocycles. The fourth-order valence-electron chi connectivity index (χ4n) is 3.14. The van der Waals surface area contributed by atoms with Gasteiger partial charge in [-0.3, -0.25) is 14.4 Å². The van der Waals surface area contributed by atoms with Crippen molar-refractivity contribution in [3.63, 3.8) is 0 Å². The Morgan fingerprint density at radius 3 is 2.55 bits per heavy atom. The van der Waals surface area contributed by atoms with E-state index < -0.39 is 17.9 Å². The quantitative estimate of drug-likeness (QED) is 0.746. The van der Waals surface area contributed by atoms with Crippen LogP contribution >= 0.6 is 0 Å². The number of piperazine rings is 1. The van der Waals surface area contributed by atoms with Gasteiger partial charge in [-0.1, -0.05) is 24.3 Å². The summed E-state index contributed by atoms with van der Waals surface area (Å²) in [6, 6.07) is 14.0. The molecule has 3 amide bonds. The van der Waals surface area contributed by atoms with Crippen molar-refractivity contribution in [2.45, 2.75) is 12.5 Å². The van der Waals surface area contributed by atoms with E-state index >= 15 is 0 Å². The van der Waals surface area contributed by atoms with Crippen LogP contribution < -0.4 is 10.6 Å². The molecule has 0 saturated carbocycles. The minimum absolute atomic E-state index is 0.202. The zero-order valence-corrected chi connectivity index (χ0v) is 15.9. The van der Waals surface area contributed by atoms with Gasteiger partial charge in [0.15, 0.2) is 0 Å². The fraction of sp³-hybridized carbons (Fsp3) is 0.238. The van der Waals surface area contributed by atoms with Crippen LogP contribution in [0.1, 0.15) is 27.1 Å². The van der Waals surface area contributed by atoms with Gasteiger partial charge in [0.1, 0.15) is 6.04 Å². The normalized spacial score (nSPS) is 16.0. The molecule has 1 heterocycles. The van der Waals surface area contributed by atoms with E-state index in [2.05, 4.69) is 15.4 Å². The molecule has 150 valence electrons. The third-order valence-corrected chi connectivity index (χ3v) is 4.56. The van der Waals surface area contributed by atoms with E-state index in [1.54, 1.807) is 48.5 Å². The van der Waals surface area contributed by atoms with Gasteiger partial charge in [-0.05, 0) is 30.3 Å². The van der Waals surface area contributed by atoms with E-state index in [0.29, 0.717) is 29.9 Å². The van der Waals surface area contributed by atoms with Crippen molar-refractivity contribution < 1.29 is 23.9 Å². The molecule has 1 saturated heterocycles. The summed E-state index contributed by atoms with van der Waals surface area (Å²) in [5.41, 5.74) is 1.15. The number of hydrogen-bond acceptors (Lipinski definition) is 5. The number of amides is 3. The number of carbonyl (C=O) groups excluding carboxylic acids is 4. The topological polar surface area (TPSA) is 105 Å². The predicted molar refractivity (Wildman–Crippen MR) is 105 cm³/mol. The molecule has 3 rings (SSSR count). The lowest BCUT2D eigenvalue weighted by molar-refractivity contribution is -0.131. The lowest BCUT2D eigenvalue weighted by atomic mass is 10.1. The zero-order valence-electron chi connectivity index (χ0n) is 15.9. The van der Waals surface area contributed by atoms with E-state index in [-0.39, 0.29) is 18.2 Å². The molecule has 2 N–H and O–H groups in total. The maximum atomic E-state index is 12.8. The van der Waals surface area contributed by atoms with Gasteiger partial charge in [0.05, 0.1) is 19.1 Å². The number of carbonyl (C=O) groups is 4. The maximum absolute atomic E-state index is 12.8. The van der Waals surface area contributed by atoms with Crippen molar-refractivity contribution >= 4 is 29.4 Å². The van der Waals surface area contributed by atoms with E-state index in [9.17, 15) is 19.2 Å². The minimum Gasteiger partial charge on any atom is -0.465 e. The first-order valence-corrected chi connectivity index (χ1v) is 9.11. The highest BCUT2D eigenvalue weighted by Gasteiger charge is 2.35. The van der Waals surface area contributed by atoms with Crippen molar-refractivity contribution in [2.75, 3.05) is 25.5 Å². The van der Waals surface area contributed by atoms with Gasteiger partial charge < -0.3 is 20.3 Å². The van der Waals surface area contributed by atoms with Gasteiger partial charge in [-0.25, -0.2) is 4.79 Å². The van der Waals surface area contributed by atoms with E-state index in [1.807, 2.05) is 0 Å². The number of anilines is 1. The summed E-state index contributed by atoms with van der Waals surface area (Å²) in [7, 11) is 1.27. The maximum Gasteiger partial charge on any atom is 0.337 e. The molecule has 1 aliphatic heterocycles. The minimum atomic E-state index is -0.916. The van der Waals surface area contributed by atoms with Crippen molar-refractivity contribution in [1.29, 1.82) is 0 Å². The van der Waals surface area contributed by atoms with Crippen molar-refractivity contribution in [2.24, 2.45) is 0 Å². The van der Waals surface area contributed by atoms with Crippen LogP contribution in [0.3, 0.4) is 0 Å². The predicted octanol–water partition coefficient (Wildman–Crippen LogP) is 1.44. The molecule has 0 aromatic heterocycles. The molecule has 1 atom stereocenters. The van der Waals surface area contributed by atoms with Gasteiger partial charge in [0, 0.05) is 24.3 Å². The number of hydrogen-bond donors (Lipinski definition) is 2. The lowest BCUT2D eigenvalue weighted by Crippen LogP contribution is -2.58. The number of nitrogens with one attached hydrogen (secondary N) is 2. The zero-order chi connectivity index (χ0) is 20.8. The number of esters is 1. The largest absolute Gasteiger partial charge is 0.465 e. The smallest absolute Gasteiger partial charge is 0.337 e. The summed E-state index contributed by atoms with van der Waals surface area (Å²) in [6.07, 6.45) is -0.202. The molecule has 0 radical (unpaired) electrons. The van der Waals surface area contributed by atoms with Crippen LogP contribution in [0.2, 0.25) is 0 Å². The SMILES string of the molecule is COC(=O)c1cccc(NC(=O)C[C@@H]2C(=O)NCCN2C(=O)c2ccccc2)c1. The Kier molecular flexibility index (Phi) is 6.23. The van der Waals surface area contributed by atoms with Crippen LogP contribution in [-0.2, 0) is 14.3 Å². The Labute approximate surface area is 167 Å². The standard InChI is InChI=1S/C21H21N3O5/c1-29-21(28)15-8-5-9-16(12-15)23-18(25)13-17-19(26)22-10-11-24(17)20(27)14-6-3-2-4-7-14/h2-9,12,17H,10-11,13H2,1H3,(H,22,26)(H,23,25)/t17-/m1/s1. The van der Waals surface area contributed by atoms with E-state index in [0.717, 1.165) is 0 Å². The third kappa shape index (κ3) is 4.78. The average Bonchev–Trinajstić information content (AvgIpc) is 2.75. The highest BCUT2D eigenvalue weighted by Crippen LogP contribution is 2.16. The van der Waals surface area contributed by atoms with Crippen molar-refractivity contribution in [3.05, 3.63) is 65.7 Å². The number of methoxy groups -OCH3 is 1. The molecule has 29 heavy (non-hydrogen) atoms. The molecule has 1 aliphatic rings. The molecule has 0 unspecified atom stereocenters. The van der Waals surface area contributed by atoms with Gasteiger partial charge in [0.2, 0.25) is 11.8 Å². The lowest BCUT2D eigenvalue weighted by Gasteiger charge is -2.34. The van der Waals surface area contributed by atoms with Crippen LogP contribution in [0.25, 0.3) is 0 Å². The second-order valence-electron chi connectivity index (χ2n) is 6.50. The Balaban J connectivity index is 1.72. The third-order valence-electron chi connectivity index (χ3n) is 4.56. The summed E-state index contributed by atoms with van der Waals surface area (Å²) in [4.78, 5) is 50.8. The fourth-order valence-corrected chi connectivity index (χ4v) is 3.14. The Morgan fingerprint density at radius 2 is 1.83 bits per heavy atom. The second-order valence-corrected chi connectivity index (χ2v) is 6.50. The monoisotopic (exact) mass is 395 g/mol. The van der Waals surface area contributed by atoms with E-state index in [4.69, 9.17) is 0 Å². The van der Waals surface area contributed by atoms with Crippen LogP contribution in [0.4, 0.5) is 5.69 Å². The van der Waals surface area contributed by atoms with Crippen LogP contribution in [-0.4, -0.2) is 54.8 Å². The number of nitrogens with zero attached hydrogens (tertiary/aromatic N) is 1. The summed E-state index contributed by atoms with van der Waals surface area (Å²) < 4.78 is 4.67. The van der Waals surface area contributed by atoms with Gasteiger partial charge in [-0.2, -0.15) is 0 Å². The second kappa shape index (κ2) is 9.01. The van der Waals surface area contributed by atoms with Gasteiger partial charge in [0.25, 0.3) is 5.91 Å². The molecule has 2 aromatic rings. The average molecular weight is 395 g/mol. The Morgan fingerprint density at radius 1 is 1.10 bits per heavy atom. The van der Waals surface area contributed by atoms with Crippen LogP contribution in [0.15, 0.2) is 54.6 Å². The first-order valence-electron chi connectivity index (χ1n) is 9.11. The summed E-state index contributed by atoms with van der Waals surface area (Å²) in [5.74, 6) is -1.64. The highest BCUT2D eigenvalue weighted by atomic mass is 16.5. The molecule has 0 bridgehead atoms. The summed E-state index contributed by atoms with van der Waals surface area (Å²) >= 11 is 0. The number of ether oxygens (including phenoxy) is 1. The Hall–Kier alpha value is -3.68. The Bertz CT molecular complexity index is 929. The van der Waals surface area contributed by atoms with Crippen LogP contribution in [0.5, 0.6) is 0 Å². The first kappa shape index (κ1) is 20.1. The highest BCUT2D eigenvalue weighted by molar-refractivity contribution is 6.01. The number of benzene rings is 2. The molecule has 1 fully saturated rings. The summed E-state index contributed by atoms with van der Waals surface area (Å²) in [6.45, 7) is 0.645. The van der Waals surface area contributed by atoms with Crippen LogP contribution in [0, 0.1) is 0 Å². The number of rotatable bonds is 5. The molecule has 8 heteroatoms. The van der Waals surface area contributed by atoms with Gasteiger partial charge in [-0.15, -0.1) is 0 Å². The van der Waals surface area contributed by atoms with Crippen molar-refractivity contribution in [3.8, 4) is 0 Å². The molecular formula is C21H21N3O5. The molecule has 0 spiro atoms. The summed E-state index contributed by atoms with van der Waals surface area (Å²) in [5, 5.41) is 5.36. The molecular weight excluding hydrogens is 374 g/mol. The van der Waals surface area contributed by atoms with Gasteiger partial charge >= 0.3 is 5.97 Å². The van der Waals surface area contributed by atoms with E-state index in [1.165, 1.54) is 18.1 Å². The molecule has 0 aliphatic carbocycles. The van der Waals surface area contributed by atoms with Crippen molar-refractivity contribution in [1.82, 2.24) is 10.2 Å². The molecule has 8 nitrogen and oxygen atoms in total. The first-order chi connectivity index (χ1) is 14.0.